The number of nitrogens with one attached hydrogen (secondary N) is 1. The average molecular weight is 294 g/mol. The minimum Gasteiger partial charge on any atom is -0.330 e. The van der Waals surface area contributed by atoms with E-state index in [1.165, 1.54) is 11.3 Å². The second kappa shape index (κ2) is 4.64. The molecule has 0 bridgehead atoms. The molecule has 0 saturated heterocycles. The zero-order valence-electron chi connectivity index (χ0n) is 8.49. The van der Waals surface area contributed by atoms with Crippen LogP contribution >= 0.6 is 27.3 Å². The summed E-state index contributed by atoms with van der Waals surface area (Å²) in [5, 5.41) is 14.9. The van der Waals surface area contributed by atoms with Gasteiger partial charge in [0.05, 0.1) is 16.9 Å². The Morgan fingerprint density at radius 3 is 2.94 bits per heavy atom. The van der Waals surface area contributed by atoms with E-state index in [0.29, 0.717) is 5.56 Å². The normalized spacial score (nSPS) is 9.81. The minimum atomic E-state index is 0.599. The summed E-state index contributed by atoms with van der Waals surface area (Å²) in [6.07, 6.45) is 0. The van der Waals surface area contributed by atoms with E-state index in [2.05, 4.69) is 32.3 Å². The number of hydrogen-bond donors (Lipinski definition) is 1. The maximum Gasteiger partial charge on any atom is 0.187 e. The largest absolute Gasteiger partial charge is 0.330 e. The molecule has 0 radical (unpaired) electrons. The van der Waals surface area contributed by atoms with Crippen molar-refractivity contribution in [2.24, 2.45) is 0 Å². The highest BCUT2D eigenvalue weighted by molar-refractivity contribution is 9.10. The highest BCUT2D eigenvalue weighted by Gasteiger charge is 2.05. The first-order chi connectivity index (χ1) is 7.69. The fourth-order valence-corrected chi connectivity index (χ4v) is 2.31. The van der Waals surface area contributed by atoms with Crippen LogP contribution in [0, 0.1) is 18.3 Å². The van der Waals surface area contributed by atoms with E-state index in [0.717, 1.165) is 21.0 Å². The number of benzene rings is 1. The first-order valence-electron chi connectivity index (χ1n) is 4.58. The summed E-state index contributed by atoms with van der Waals surface area (Å²) in [4.78, 5) is 4.29. The van der Waals surface area contributed by atoms with Crippen LogP contribution in [0.25, 0.3) is 0 Å². The number of nitriles is 1. The highest BCUT2D eigenvalue weighted by Crippen LogP contribution is 2.25. The van der Waals surface area contributed by atoms with Gasteiger partial charge in [0, 0.05) is 9.85 Å². The van der Waals surface area contributed by atoms with E-state index in [-0.39, 0.29) is 0 Å². The lowest BCUT2D eigenvalue weighted by molar-refractivity contribution is 1.26. The molecule has 16 heavy (non-hydrogen) atoms. The summed E-state index contributed by atoms with van der Waals surface area (Å²) < 4.78 is 0.893. The van der Waals surface area contributed by atoms with Gasteiger partial charge < -0.3 is 5.32 Å². The summed E-state index contributed by atoms with van der Waals surface area (Å²) in [5.41, 5.74) is 2.35. The van der Waals surface area contributed by atoms with Gasteiger partial charge in [-0.3, -0.25) is 0 Å². The van der Waals surface area contributed by atoms with Gasteiger partial charge in [0.2, 0.25) is 0 Å². The molecule has 0 aliphatic rings. The lowest BCUT2D eigenvalue weighted by atomic mass is 10.2. The number of aromatic nitrogens is 1. The van der Waals surface area contributed by atoms with Crippen molar-refractivity contribution in [1.82, 2.24) is 4.98 Å². The molecule has 0 amide bonds. The molecule has 0 fully saturated rings. The van der Waals surface area contributed by atoms with E-state index < -0.39 is 0 Å². The predicted octanol–water partition coefficient (Wildman–Crippen LogP) is 3.83. The molecule has 0 spiro atoms. The van der Waals surface area contributed by atoms with Crippen LogP contribution in [0.3, 0.4) is 0 Å². The third kappa shape index (κ3) is 2.40. The third-order valence-corrected chi connectivity index (χ3v) is 3.33. The molecule has 1 N–H and O–H groups in total. The van der Waals surface area contributed by atoms with Crippen molar-refractivity contribution in [3.63, 3.8) is 0 Å². The van der Waals surface area contributed by atoms with Crippen LogP contribution in [0.15, 0.2) is 28.1 Å². The van der Waals surface area contributed by atoms with Crippen LogP contribution in [0.5, 0.6) is 0 Å². The molecule has 0 aliphatic carbocycles. The van der Waals surface area contributed by atoms with Gasteiger partial charge in [0.1, 0.15) is 6.07 Å². The van der Waals surface area contributed by atoms with Crippen LogP contribution in [0.4, 0.5) is 10.8 Å². The Kier molecular flexibility index (Phi) is 3.22. The van der Waals surface area contributed by atoms with Crippen LogP contribution in [0.1, 0.15) is 11.3 Å². The summed E-state index contributed by atoms with van der Waals surface area (Å²) >= 11 is 4.86. The van der Waals surface area contributed by atoms with E-state index in [1.807, 2.05) is 24.4 Å². The molecule has 2 rings (SSSR count). The maximum atomic E-state index is 9.00. The summed E-state index contributed by atoms with van der Waals surface area (Å²) in [7, 11) is 0. The minimum absolute atomic E-state index is 0.599. The molecule has 1 heterocycles. The van der Waals surface area contributed by atoms with Crippen LogP contribution in [-0.4, -0.2) is 4.98 Å². The predicted molar refractivity (Wildman–Crippen MR) is 69.0 cm³/mol. The molecule has 80 valence electrons. The maximum absolute atomic E-state index is 9.00. The van der Waals surface area contributed by atoms with Crippen LogP contribution in [-0.2, 0) is 0 Å². The fourth-order valence-electron chi connectivity index (χ4n) is 1.24. The van der Waals surface area contributed by atoms with Gasteiger partial charge in [0.15, 0.2) is 5.13 Å². The SMILES string of the molecule is Cc1csc(Nc2ccc(Br)cc2C#N)n1. The van der Waals surface area contributed by atoms with E-state index in [4.69, 9.17) is 5.26 Å². The van der Waals surface area contributed by atoms with Crippen molar-refractivity contribution < 1.29 is 0 Å². The molecule has 0 aliphatic heterocycles. The number of aryl methyl sites for hydroxylation is 1. The van der Waals surface area contributed by atoms with Crippen LogP contribution < -0.4 is 5.32 Å². The molecule has 1 aromatic carbocycles. The topological polar surface area (TPSA) is 48.7 Å². The standard InChI is InChI=1S/C11H8BrN3S/c1-7-6-16-11(14-7)15-10-3-2-9(12)4-8(10)5-13/h2-4,6H,1H3,(H,14,15). The lowest BCUT2D eigenvalue weighted by Gasteiger charge is -2.04. The van der Waals surface area contributed by atoms with Crippen molar-refractivity contribution in [2.45, 2.75) is 6.92 Å². The summed E-state index contributed by atoms with van der Waals surface area (Å²) in [5.74, 6) is 0. The second-order valence-corrected chi connectivity index (χ2v) is 4.99. The third-order valence-electron chi connectivity index (χ3n) is 1.96. The zero-order valence-corrected chi connectivity index (χ0v) is 10.9. The molecule has 0 unspecified atom stereocenters. The Labute approximate surface area is 106 Å². The molecule has 5 heteroatoms. The van der Waals surface area contributed by atoms with Gasteiger partial charge >= 0.3 is 0 Å². The van der Waals surface area contributed by atoms with Crippen molar-refractivity contribution in [3.8, 4) is 6.07 Å². The molecule has 3 nitrogen and oxygen atoms in total. The Bertz CT molecular complexity index is 557. The number of halogens is 1. The smallest absolute Gasteiger partial charge is 0.187 e. The molecular weight excluding hydrogens is 286 g/mol. The monoisotopic (exact) mass is 293 g/mol. The zero-order chi connectivity index (χ0) is 11.5. The quantitative estimate of drug-likeness (QED) is 0.915. The molecule has 0 atom stereocenters. The molecule has 1 aromatic heterocycles. The Balaban J connectivity index is 2.31. The van der Waals surface area contributed by atoms with Crippen molar-refractivity contribution >= 4 is 38.1 Å². The number of rotatable bonds is 2. The first-order valence-corrected chi connectivity index (χ1v) is 6.25. The fraction of sp³-hybridized carbons (Fsp3) is 0.0909. The van der Waals surface area contributed by atoms with Gasteiger partial charge in [-0.05, 0) is 25.1 Å². The lowest BCUT2D eigenvalue weighted by Crippen LogP contribution is -1.93. The molecule has 0 saturated carbocycles. The Hall–Kier alpha value is -1.38. The Morgan fingerprint density at radius 1 is 1.50 bits per heavy atom. The van der Waals surface area contributed by atoms with Crippen molar-refractivity contribution in [2.75, 3.05) is 5.32 Å². The van der Waals surface area contributed by atoms with Gasteiger partial charge in [0.25, 0.3) is 0 Å². The molecule has 2 aromatic rings. The van der Waals surface area contributed by atoms with Gasteiger partial charge in [-0.1, -0.05) is 15.9 Å². The summed E-state index contributed by atoms with van der Waals surface area (Å²) in [6.45, 7) is 1.94. The van der Waals surface area contributed by atoms with Crippen molar-refractivity contribution in [1.29, 1.82) is 5.26 Å². The van der Waals surface area contributed by atoms with E-state index in [9.17, 15) is 0 Å². The van der Waals surface area contributed by atoms with Gasteiger partial charge in [-0.15, -0.1) is 11.3 Å². The number of hydrogen-bond acceptors (Lipinski definition) is 4. The summed E-state index contributed by atoms with van der Waals surface area (Å²) in [6, 6.07) is 7.68. The van der Waals surface area contributed by atoms with E-state index in [1.54, 1.807) is 6.07 Å². The second-order valence-electron chi connectivity index (χ2n) is 3.22. The van der Waals surface area contributed by atoms with Gasteiger partial charge in [-0.2, -0.15) is 5.26 Å². The number of thiazole rings is 1. The number of nitrogens with zero attached hydrogens (tertiary/aromatic N) is 2. The Morgan fingerprint density at radius 2 is 2.31 bits per heavy atom. The van der Waals surface area contributed by atoms with E-state index >= 15 is 0 Å². The van der Waals surface area contributed by atoms with Crippen LogP contribution in [0.2, 0.25) is 0 Å². The highest BCUT2D eigenvalue weighted by atomic mass is 79.9. The average Bonchev–Trinajstić information content (AvgIpc) is 2.67. The molecular formula is C11H8BrN3S. The first kappa shape index (κ1) is 11.1. The number of anilines is 2. The van der Waals surface area contributed by atoms with Gasteiger partial charge in [-0.25, -0.2) is 4.98 Å². The van der Waals surface area contributed by atoms with Crippen molar-refractivity contribution in [3.05, 3.63) is 39.3 Å².